The van der Waals surface area contributed by atoms with Crippen LogP contribution in [0.1, 0.15) is 17.4 Å². The molecule has 0 spiro atoms. The molecule has 0 unspecified atom stereocenters. The summed E-state index contributed by atoms with van der Waals surface area (Å²) in [5.74, 6) is -0.808. The van der Waals surface area contributed by atoms with Gasteiger partial charge in [-0.25, -0.2) is 4.68 Å². The van der Waals surface area contributed by atoms with Crippen LogP contribution < -0.4 is 10.1 Å². The second-order valence-electron chi connectivity index (χ2n) is 4.11. The van der Waals surface area contributed by atoms with Crippen LogP contribution in [0.4, 0.5) is 5.69 Å². The normalized spacial score (nSPS) is 10.1. The van der Waals surface area contributed by atoms with Crippen LogP contribution in [-0.2, 0) is 11.3 Å². The van der Waals surface area contributed by atoms with E-state index in [1.807, 2.05) is 6.92 Å². The maximum Gasteiger partial charge on any atom is 0.325 e. The van der Waals surface area contributed by atoms with Crippen LogP contribution in [0.25, 0.3) is 0 Å². The van der Waals surface area contributed by atoms with Gasteiger partial charge in [-0.1, -0.05) is 5.21 Å². The van der Waals surface area contributed by atoms with E-state index in [1.165, 1.54) is 6.20 Å². The fourth-order valence-electron chi connectivity index (χ4n) is 1.61. The van der Waals surface area contributed by atoms with Gasteiger partial charge in [0.15, 0.2) is 5.69 Å². The highest BCUT2D eigenvalue weighted by atomic mass is 16.5. The molecule has 0 bridgehead atoms. The number of amides is 1. The fraction of sp³-hybridized carbons (Fsp3) is 0.231. The lowest BCUT2D eigenvalue weighted by atomic mass is 10.3. The Morgan fingerprint density at radius 1 is 1.33 bits per heavy atom. The third-order valence-electron chi connectivity index (χ3n) is 2.49. The molecule has 8 nitrogen and oxygen atoms in total. The number of aliphatic carboxylic acids is 1. The first-order valence-corrected chi connectivity index (χ1v) is 6.24. The lowest BCUT2D eigenvalue weighted by molar-refractivity contribution is -0.137. The zero-order valence-electron chi connectivity index (χ0n) is 11.3. The van der Waals surface area contributed by atoms with Crippen molar-refractivity contribution < 1.29 is 19.4 Å². The molecular weight excluding hydrogens is 276 g/mol. The lowest BCUT2D eigenvalue weighted by Gasteiger charge is -2.05. The number of aromatic nitrogens is 3. The molecule has 2 N–H and O–H groups in total. The van der Waals surface area contributed by atoms with Crippen molar-refractivity contribution in [3.8, 4) is 5.75 Å². The number of benzene rings is 1. The van der Waals surface area contributed by atoms with Crippen molar-refractivity contribution in [2.45, 2.75) is 13.5 Å². The first kappa shape index (κ1) is 14.5. The van der Waals surface area contributed by atoms with Gasteiger partial charge in [0.1, 0.15) is 12.3 Å². The average molecular weight is 290 g/mol. The Hall–Kier alpha value is -2.90. The minimum absolute atomic E-state index is 0.0464. The molecule has 0 saturated carbocycles. The summed E-state index contributed by atoms with van der Waals surface area (Å²) in [6.45, 7) is 2.11. The summed E-state index contributed by atoms with van der Waals surface area (Å²) in [5, 5.41) is 18.4. The highest BCUT2D eigenvalue weighted by Crippen LogP contribution is 2.16. The summed E-state index contributed by atoms with van der Waals surface area (Å²) in [6.07, 6.45) is 1.28. The van der Waals surface area contributed by atoms with Crippen molar-refractivity contribution in [3.63, 3.8) is 0 Å². The number of hydrogen-bond acceptors (Lipinski definition) is 5. The summed E-state index contributed by atoms with van der Waals surface area (Å²) < 4.78 is 6.38. The molecule has 1 aromatic heterocycles. The lowest BCUT2D eigenvalue weighted by Crippen LogP contribution is -2.12. The number of carboxylic acid groups (broad SMARTS) is 1. The number of nitrogens with one attached hydrogen (secondary N) is 1. The van der Waals surface area contributed by atoms with Gasteiger partial charge in [0.2, 0.25) is 0 Å². The molecule has 21 heavy (non-hydrogen) atoms. The van der Waals surface area contributed by atoms with Gasteiger partial charge >= 0.3 is 5.97 Å². The highest BCUT2D eigenvalue weighted by molar-refractivity contribution is 6.02. The van der Waals surface area contributed by atoms with E-state index in [0.717, 1.165) is 4.68 Å². The second-order valence-corrected chi connectivity index (χ2v) is 4.11. The van der Waals surface area contributed by atoms with E-state index >= 15 is 0 Å². The predicted octanol–water partition coefficient (Wildman–Crippen LogP) is 1.01. The number of nitrogens with zero attached hydrogens (tertiary/aromatic N) is 3. The number of anilines is 1. The molecule has 0 aliphatic rings. The van der Waals surface area contributed by atoms with Crippen molar-refractivity contribution in [1.82, 2.24) is 15.0 Å². The molecule has 2 aromatic rings. The van der Waals surface area contributed by atoms with E-state index in [9.17, 15) is 9.59 Å². The van der Waals surface area contributed by atoms with Crippen LogP contribution in [-0.4, -0.2) is 38.6 Å². The molecule has 0 radical (unpaired) electrons. The predicted molar refractivity (Wildman–Crippen MR) is 73.2 cm³/mol. The Labute approximate surface area is 120 Å². The monoisotopic (exact) mass is 290 g/mol. The molecule has 0 aliphatic heterocycles. The summed E-state index contributed by atoms with van der Waals surface area (Å²) in [7, 11) is 0. The van der Waals surface area contributed by atoms with Gasteiger partial charge in [-0.3, -0.25) is 9.59 Å². The van der Waals surface area contributed by atoms with Gasteiger partial charge in [0.05, 0.1) is 12.8 Å². The molecule has 0 aliphatic carbocycles. The number of hydrogen-bond donors (Lipinski definition) is 2. The Balaban J connectivity index is 2.00. The van der Waals surface area contributed by atoms with Gasteiger partial charge in [-0.05, 0) is 31.2 Å². The summed E-state index contributed by atoms with van der Waals surface area (Å²) in [6, 6.07) is 6.87. The minimum Gasteiger partial charge on any atom is -0.494 e. The second kappa shape index (κ2) is 6.51. The van der Waals surface area contributed by atoms with E-state index in [0.29, 0.717) is 18.0 Å². The maximum absolute atomic E-state index is 11.9. The molecule has 1 heterocycles. The number of carbonyl (C=O) groups excluding carboxylic acids is 1. The van der Waals surface area contributed by atoms with E-state index in [2.05, 4.69) is 15.6 Å². The molecule has 0 saturated heterocycles. The van der Waals surface area contributed by atoms with Gasteiger partial charge in [0.25, 0.3) is 5.91 Å². The summed E-state index contributed by atoms with van der Waals surface area (Å²) in [5.41, 5.74) is 0.626. The van der Waals surface area contributed by atoms with Crippen molar-refractivity contribution in [2.24, 2.45) is 0 Å². The molecule has 110 valence electrons. The first-order valence-electron chi connectivity index (χ1n) is 6.24. The standard InChI is InChI=1S/C13H14N4O4/c1-2-21-10-5-3-9(4-6-10)14-13(20)11-7-17(16-15-11)8-12(18)19/h3-7H,2,8H2,1H3,(H,14,20)(H,18,19). The first-order chi connectivity index (χ1) is 10.1. The zero-order valence-corrected chi connectivity index (χ0v) is 11.3. The molecule has 8 heteroatoms. The smallest absolute Gasteiger partial charge is 0.325 e. The number of rotatable bonds is 6. The van der Waals surface area contributed by atoms with E-state index in [4.69, 9.17) is 9.84 Å². The van der Waals surface area contributed by atoms with Crippen LogP contribution in [0.5, 0.6) is 5.75 Å². The van der Waals surface area contributed by atoms with Crippen LogP contribution in [0.15, 0.2) is 30.5 Å². The third-order valence-corrected chi connectivity index (χ3v) is 2.49. The summed E-state index contributed by atoms with van der Waals surface area (Å²) >= 11 is 0. The van der Waals surface area contributed by atoms with E-state index in [1.54, 1.807) is 24.3 Å². The van der Waals surface area contributed by atoms with Crippen LogP contribution in [0.2, 0.25) is 0 Å². The molecular formula is C13H14N4O4. The maximum atomic E-state index is 11.9. The quantitative estimate of drug-likeness (QED) is 0.822. The van der Waals surface area contributed by atoms with Crippen LogP contribution in [0.3, 0.4) is 0 Å². The Kier molecular flexibility index (Phi) is 4.50. The van der Waals surface area contributed by atoms with E-state index < -0.39 is 11.9 Å². The molecule has 0 fully saturated rings. The van der Waals surface area contributed by atoms with Crippen LogP contribution in [0, 0.1) is 0 Å². The molecule has 2 rings (SSSR count). The van der Waals surface area contributed by atoms with Crippen molar-refractivity contribution in [3.05, 3.63) is 36.2 Å². The topological polar surface area (TPSA) is 106 Å². The van der Waals surface area contributed by atoms with Gasteiger partial charge < -0.3 is 15.2 Å². The largest absolute Gasteiger partial charge is 0.494 e. The van der Waals surface area contributed by atoms with Gasteiger partial charge in [0, 0.05) is 5.69 Å². The van der Waals surface area contributed by atoms with Crippen molar-refractivity contribution in [2.75, 3.05) is 11.9 Å². The van der Waals surface area contributed by atoms with E-state index in [-0.39, 0.29) is 12.2 Å². The SMILES string of the molecule is CCOc1ccc(NC(=O)c2cn(CC(=O)O)nn2)cc1. The van der Waals surface area contributed by atoms with Gasteiger partial charge in [-0.15, -0.1) is 5.10 Å². The van der Waals surface area contributed by atoms with Crippen LogP contribution >= 0.6 is 0 Å². The number of ether oxygens (including phenoxy) is 1. The van der Waals surface area contributed by atoms with Gasteiger partial charge in [-0.2, -0.15) is 0 Å². The Morgan fingerprint density at radius 2 is 2.05 bits per heavy atom. The molecule has 0 atom stereocenters. The number of carboxylic acids is 1. The summed E-state index contributed by atoms with van der Waals surface area (Å²) in [4.78, 5) is 22.4. The Bertz CT molecular complexity index is 636. The average Bonchev–Trinajstić information content (AvgIpc) is 2.89. The molecule has 1 aromatic carbocycles. The fourth-order valence-corrected chi connectivity index (χ4v) is 1.61. The van der Waals surface area contributed by atoms with Crippen molar-refractivity contribution in [1.29, 1.82) is 0 Å². The van der Waals surface area contributed by atoms with Crippen molar-refractivity contribution >= 4 is 17.6 Å². The highest BCUT2D eigenvalue weighted by Gasteiger charge is 2.12. The zero-order chi connectivity index (χ0) is 15.2. The third kappa shape index (κ3) is 4.03. The minimum atomic E-state index is -1.06. The number of carbonyl (C=O) groups is 2. The Morgan fingerprint density at radius 3 is 2.67 bits per heavy atom. The molecule has 1 amide bonds.